The fourth-order valence-electron chi connectivity index (χ4n) is 2.21. The Bertz CT molecular complexity index is 730. The summed E-state index contributed by atoms with van der Waals surface area (Å²) in [5, 5.41) is 12.1. The van der Waals surface area contributed by atoms with Crippen molar-refractivity contribution in [2.75, 3.05) is 6.54 Å². The van der Waals surface area contributed by atoms with Crippen molar-refractivity contribution >= 4 is 17.0 Å². The van der Waals surface area contributed by atoms with Gasteiger partial charge in [-0.1, -0.05) is 30.3 Å². The van der Waals surface area contributed by atoms with Crippen LogP contribution in [0.4, 0.5) is 0 Å². The Morgan fingerprint density at radius 2 is 1.95 bits per heavy atom. The highest BCUT2D eigenvalue weighted by Gasteiger charge is 2.03. The number of aliphatic imine (C=N–C) groups is 1. The summed E-state index contributed by atoms with van der Waals surface area (Å²) in [6.07, 6.45) is 4.16. The molecule has 1 N–H and O–H groups in total. The van der Waals surface area contributed by atoms with Gasteiger partial charge in [-0.3, -0.25) is 4.99 Å². The Balaban J connectivity index is 1.81. The van der Waals surface area contributed by atoms with E-state index < -0.39 is 0 Å². The first kappa shape index (κ1) is 12.5. The molecule has 20 heavy (non-hydrogen) atoms. The highest BCUT2D eigenvalue weighted by Crippen LogP contribution is 2.25. The van der Waals surface area contributed by atoms with Gasteiger partial charge in [0.25, 0.3) is 0 Å². The number of nitrogens with zero attached hydrogens (tertiary/aromatic N) is 1. The van der Waals surface area contributed by atoms with Gasteiger partial charge in [0, 0.05) is 24.7 Å². The van der Waals surface area contributed by atoms with Gasteiger partial charge in [0.2, 0.25) is 0 Å². The van der Waals surface area contributed by atoms with E-state index in [1.807, 2.05) is 42.5 Å². The van der Waals surface area contributed by atoms with E-state index in [2.05, 4.69) is 4.99 Å². The van der Waals surface area contributed by atoms with Crippen LogP contribution in [0.5, 0.6) is 5.75 Å². The lowest BCUT2D eigenvalue weighted by Crippen LogP contribution is -1.90. The number of phenolic OH excluding ortho intramolecular Hbond substituents is 1. The Labute approximate surface area is 117 Å². The number of rotatable bonds is 4. The Morgan fingerprint density at radius 1 is 1.05 bits per heavy atom. The number of phenols is 1. The molecule has 1 heterocycles. The van der Waals surface area contributed by atoms with E-state index >= 15 is 0 Å². The standard InChI is InChI=1S/C17H15NO2/c19-17-8-7-13-4-1-2-6-15(13)16(17)12-18-10-9-14-5-3-11-20-14/h1-8,11-12,19H,9-10H2. The number of aromatic hydroxyl groups is 1. The molecule has 2 aromatic carbocycles. The van der Waals surface area contributed by atoms with E-state index in [0.717, 1.165) is 28.5 Å². The van der Waals surface area contributed by atoms with E-state index in [1.165, 1.54) is 0 Å². The van der Waals surface area contributed by atoms with Gasteiger partial charge in [-0.05, 0) is 29.0 Å². The van der Waals surface area contributed by atoms with Crippen LogP contribution in [0.25, 0.3) is 10.8 Å². The largest absolute Gasteiger partial charge is 0.507 e. The van der Waals surface area contributed by atoms with Gasteiger partial charge >= 0.3 is 0 Å². The molecule has 0 aliphatic heterocycles. The molecule has 0 fully saturated rings. The SMILES string of the molecule is Oc1ccc2ccccc2c1C=NCCc1ccco1. The first-order valence-electron chi connectivity index (χ1n) is 6.57. The van der Waals surface area contributed by atoms with Crippen molar-refractivity contribution in [1.82, 2.24) is 0 Å². The summed E-state index contributed by atoms with van der Waals surface area (Å²) in [4.78, 5) is 4.38. The maximum absolute atomic E-state index is 9.98. The summed E-state index contributed by atoms with van der Waals surface area (Å²) in [5.74, 6) is 1.18. The third-order valence-electron chi connectivity index (χ3n) is 3.24. The predicted molar refractivity (Wildman–Crippen MR) is 80.5 cm³/mol. The molecule has 3 heteroatoms. The van der Waals surface area contributed by atoms with Crippen LogP contribution in [0, 0.1) is 0 Å². The van der Waals surface area contributed by atoms with Gasteiger partial charge in [-0.15, -0.1) is 0 Å². The zero-order valence-electron chi connectivity index (χ0n) is 11.0. The second kappa shape index (κ2) is 5.61. The maximum atomic E-state index is 9.98. The smallest absolute Gasteiger partial charge is 0.124 e. The Hall–Kier alpha value is -2.55. The summed E-state index contributed by atoms with van der Waals surface area (Å²) in [7, 11) is 0. The number of fused-ring (bicyclic) bond motifs is 1. The van der Waals surface area contributed by atoms with Crippen LogP contribution in [0.3, 0.4) is 0 Å². The summed E-state index contributed by atoms with van der Waals surface area (Å²) < 4.78 is 5.26. The van der Waals surface area contributed by atoms with Crippen molar-refractivity contribution in [2.24, 2.45) is 4.99 Å². The van der Waals surface area contributed by atoms with Crippen molar-refractivity contribution < 1.29 is 9.52 Å². The summed E-state index contributed by atoms with van der Waals surface area (Å²) >= 11 is 0. The number of hydrogen-bond acceptors (Lipinski definition) is 3. The number of hydrogen-bond donors (Lipinski definition) is 1. The minimum atomic E-state index is 0.255. The molecule has 0 saturated heterocycles. The average molecular weight is 265 g/mol. The summed E-state index contributed by atoms with van der Waals surface area (Å²) in [6, 6.07) is 15.4. The molecule has 0 saturated carbocycles. The second-order valence-corrected chi connectivity index (χ2v) is 4.58. The molecule has 100 valence electrons. The van der Waals surface area contributed by atoms with E-state index in [1.54, 1.807) is 18.5 Å². The number of benzene rings is 2. The molecule has 0 radical (unpaired) electrons. The molecule has 0 amide bonds. The van der Waals surface area contributed by atoms with E-state index in [4.69, 9.17) is 4.42 Å². The molecule has 3 rings (SSSR count). The lowest BCUT2D eigenvalue weighted by atomic mass is 10.0. The molecule has 3 nitrogen and oxygen atoms in total. The molecule has 0 aliphatic rings. The van der Waals surface area contributed by atoms with Crippen LogP contribution >= 0.6 is 0 Å². The molecular weight excluding hydrogens is 250 g/mol. The van der Waals surface area contributed by atoms with E-state index in [9.17, 15) is 5.11 Å². The molecule has 0 unspecified atom stereocenters. The first-order chi connectivity index (χ1) is 9.84. The fourth-order valence-corrected chi connectivity index (χ4v) is 2.21. The Kier molecular flexibility index (Phi) is 3.50. The van der Waals surface area contributed by atoms with Gasteiger partial charge < -0.3 is 9.52 Å². The van der Waals surface area contributed by atoms with E-state index in [-0.39, 0.29) is 5.75 Å². The van der Waals surface area contributed by atoms with Gasteiger partial charge in [0.05, 0.1) is 6.26 Å². The topological polar surface area (TPSA) is 45.7 Å². The van der Waals surface area contributed by atoms with Crippen LogP contribution in [0.2, 0.25) is 0 Å². The predicted octanol–water partition coefficient (Wildman–Crippen LogP) is 3.80. The maximum Gasteiger partial charge on any atom is 0.124 e. The van der Waals surface area contributed by atoms with Crippen LogP contribution in [0.1, 0.15) is 11.3 Å². The average Bonchev–Trinajstić information content (AvgIpc) is 2.98. The molecule has 0 aliphatic carbocycles. The van der Waals surface area contributed by atoms with Crippen molar-refractivity contribution in [3.63, 3.8) is 0 Å². The molecule has 1 aromatic heterocycles. The summed E-state index contributed by atoms with van der Waals surface area (Å²) in [5.41, 5.74) is 0.766. The quantitative estimate of drug-likeness (QED) is 0.729. The van der Waals surface area contributed by atoms with Crippen LogP contribution in [-0.2, 0) is 6.42 Å². The lowest BCUT2D eigenvalue weighted by molar-refractivity contribution is 0.475. The monoisotopic (exact) mass is 265 g/mol. The molecular formula is C17H15NO2. The van der Waals surface area contributed by atoms with Crippen molar-refractivity contribution in [2.45, 2.75) is 6.42 Å². The lowest BCUT2D eigenvalue weighted by Gasteiger charge is -2.04. The van der Waals surface area contributed by atoms with Crippen LogP contribution < -0.4 is 0 Å². The van der Waals surface area contributed by atoms with Crippen molar-refractivity contribution in [1.29, 1.82) is 0 Å². The zero-order valence-corrected chi connectivity index (χ0v) is 11.0. The highest BCUT2D eigenvalue weighted by molar-refractivity contribution is 6.02. The van der Waals surface area contributed by atoms with Gasteiger partial charge in [0.1, 0.15) is 11.5 Å². The summed E-state index contributed by atoms with van der Waals surface area (Å²) in [6.45, 7) is 0.635. The van der Waals surface area contributed by atoms with Crippen molar-refractivity contribution in [3.05, 3.63) is 66.1 Å². The third kappa shape index (κ3) is 2.57. The molecule has 0 spiro atoms. The van der Waals surface area contributed by atoms with E-state index in [0.29, 0.717) is 6.54 Å². The molecule has 0 atom stereocenters. The molecule has 0 bridgehead atoms. The fraction of sp³-hybridized carbons (Fsp3) is 0.118. The van der Waals surface area contributed by atoms with Gasteiger partial charge in [-0.2, -0.15) is 0 Å². The molecule has 3 aromatic rings. The minimum Gasteiger partial charge on any atom is -0.507 e. The van der Waals surface area contributed by atoms with Gasteiger partial charge in [-0.25, -0.2) is 0 Å². The van der Waals surface area contributed by atoms with Crippen LogP contribution in [0.15, 0.2) is 64.2 Å². The highest BCUT2D eigenvalue weighted by atomic mass is 16.3. The van der Waals surface area contributed by atoms with Crippen LogP contribution in [-0.4, -0.2) is 17.9 Å². The van der Waals surface area contributed by atoms with Gasteiger partial charge in [0.15, 0.2) is 0 Å². The number of furan rings is 1. The zero-order chi connectivity index (χ0) is 13.8. The second-order valence-electron chi connectivity index (χ2n) is 4.58. The van der Waals surface area contributed by atoms with Crippen molar-refractivity contribution in [3.8, 4) is 5.75 Å². The first-order valence-corrected chi connectivity index (χ1v) is 6.57. The Morgan fingerprint density at radius 3 is 2.80 bits per heavy atom. The normalized spacial score (nSPS) is 11.4. The third-order valence-corrected chi connectivity index (χ3v) is 3.24. The minimum absolute atomic E-state index is 0.255.